The number of anilines is 3. The number of aromatic nitrogens is 3. The first-order valence-corrected chi connectivity index (χ1v) is 13.4. The van der Waals surface area contributed by atoms with Crippen LogP contribution in [0.25, 0.3) is 10.4 Å². The maximum Gasteiger partial charge on any atom is 0.433 e. The first-order valence-electron chi connectivity index (χ1n) is 12.6. The lowest BCUT2D eigenvalue weighted by Crippen LogP contribution is -2.35. The Bertz CT molecular complexity index is 1530. The van der Waals surface area contributed by atoms with Gasteiger partial charge in [0.1, 0.15) is 22.1 Å². The second-order valence-electron chi connectivity index (χ2n) is 9.82. The number of alkyl halides is 3. The van der Waals surface area contributed by atoms with Gasteiger partial charge in [-0.15, -0.1) is 11.3 Å². The lowest BCUT2D eigenvalue weighted by molar-refractivity contribution is -0.141. The molecule has 0 spiro atoms. The van der Waals surface area contributed by atoms with Gasteiger partial charge in [0.15, 0.2) is 0 Å². The highest BCUT2D eigenvalue weighted by molar-refractivity contribution is 7.15. The van der Waals surface area contributed by atoms with E-state index in [2.05, 4.69) is 25.6 Å². The average Bonchev–Trinajstić information content (AvgIpc) is 3.41. The van der Waals surface area contributed by atoms with Crippen molar-refractivity contribution in [2.45, 2.75) is 44.4 Å². The van der Waals surface area contributed by atoms with Crippen molar-refractivity contribution in [3.8, 4) is 16.2 Å². The molecule has 0 unspecified atom stereocenters. The SMILES string of the molecule is Cc1cc(Nc2nccc(C(F)(F)F)n2)cc(-c2cnc([C@]3(O)CC[C@@H](C(=O)Nc4ccccc4O)CC3)s2)c1. The number of aryl methyl sites for hydroxylation is 1. The molecule has 2 heterocycles. The van der Waals surface area contributed by atoms with E-state index in [1.807, 2.05) is 13.0 Å². The molecule has 1 aliphatic carbocycles. The number of benzene rings is 2. The smallest absolute Gasteiger partial charge is 0.433 e. The number of nitrogens with one attached hydrogen (secondary N) is 2. The number of para-hydroxylation sites is 2. The zero-order valence-electron chi connectivity index (χ0n) is 21.4. The Morgan fingerprint density at radius 2 is 1.85 bits per heavy atom. The molecule has 1 aliphatic rings. The summed E-state index contributed by atoms with van der Waals surface area (Å²) in [6.45, 7) is 1.86. The van der Waals surface area contributed by atoms with E-state index in [1.165, 1.54) is 17.4 Å². The molecular formula is C28H26F3N5O3S. The number of carbonyl (C=O) groups excluding carboxylic acids is 1. The summed E-state index contributed by atoms with van der Waals surface area (Å²) in [5.41, 5.74) is 0.284. The lowest BCUT2D eigenvalue weighted by Gasteiger charge is -2.33. The summed E-state index contributed by atoms with van der Waals surface area (Å²) in [4.78, 5) is 25.4. The fourth-order valence-electron chi connectivity index (χ4n) is 4.71. The monoisotopic (exact) mass is 569 g/mol. The van der Waals surface area contributed by atoms with Gasteiger partial charge in [-0.2, -0.15) is 13.2 Å². The van der Waals surface area contributed by atoms with Gasteiger partial charge >= 0.3 is 6.18 Å². The molecule has 1 saturated carbocycles. The van der Waals surface area contributed by atoms with Crippen molar-refractivity contribution in [2.24, 2.45) is 5.92 Å². The van der Waals surface area contributed by atoms with E-state index in [1.54, 1.807) is 36.5 Å². The number of aliphatic hydroxyl groups is 1. The van der Waals surface area contributed by atoms with Crippen molar-refractivity contribution in [1.29, 1.82) is 0 Å². The van der Waals surface area contributed by atoms with E-state index < -0.39 is 17.5 Å². The van der Waals surface area contributed by atoms with Crippen LogP contribution in [0.15, 0.2) is 60.9 Å². The Labute approximate surface area is 232 Å². The molecule has 5 rings (SSSR count). The molecule has 0 aliphatic heterocycles. The number of phenols is 1. The third-order valence-corrected chi connectivity index (χ3v) is 8.05. The maximum absolute atomic E-state index is 13.0. The highest BCUT2D eigenvalue weighted by Gasteiger charge is 2.39. The summed E-state index contributed by atoms with van der Waals surface area (Å²) in [6.07, 6.45) is -0.243. The predicted molar refractivity (Wildman–Crippen MR) is 145 cm³/mol. The predicted octanol–water partition coefficient (Wildman–Crippen LogP) is 6.39. The average molecular weight is 570 g/mol. The third-order valence-electron chi connectivity index (χ3n) is 6.81. The van der Waals surface area contributed by atoms with Gasteiger partial charge in [-0.3, -0.25) is 4.79 Å². The molecule has 4 N–H and O–H groups in total. The van der Waals surface area contributed by atoms with E-state index in [0.717, 1.165) is 28.3 Å². The number of halogens is 3. The van der Waals surface area contributed by atoms with Crippen molar-refractivity contribution in [3.05, 3.63) is 77.2 Å². The highest BCUT2D eigenvalue weighted by Crippen LogP contribution is 2.43. The van der Waals surface area contributed by atoms with Crippen LogP contribution in [0.1, 0.15) is 41.9 Å². The van der Waals surface area contributed by atoms with E-state index in [0.29, 0.717) is 42.1 Å². The fraction of sp³-hybridized carbons (Fsp3) is 0.286. The van der Waals surface area contributed by atoms with Crippen LogP contribution in [0.2, 0.25) is 0 Å². The molecule has 0 bridgehead atoms. The van der Waals surface area contributed by atoms with Crippen LogP contribution in [0.3, 0.4) is 0 Å². The lowest BCUT2D eigenvalue weighted by atomic mass is 9.78. The quantitative estimate of drug-likeness (QED) is 0.199. The number of amides is 1. The second kappa shape index (κ2) is 10.9. The Balaban J connectivity index is 1.27. The van der Waals surface area contributed by atoms with E-state index in [9.17, 15) is 28.2 Å². The van der Waals surface area contributed by atoms with Gasteiger partial charge in [0.25, 0.3) is 0 Å². The molecule has 40 heavy (non-hydrogen) atoms. The van der Waals surface area contributed by atoms with Crippen LogP contribution < -0.4 is 10.6 Å². The zero-order valence-corrected chi connectivity index (χ0v) is 22.2. The van der Waals surface area contributed by atoms with Crippen LogP contribution in [0.4, 0.5) is 30.5 Å². The molecule has 0 atom stereocenters. The molecule has 2 aromatic heterocycles. The molecule has 1 amide bonds. The molecule has 0 radical (unpaired) electrons. The molecule has 4 aromatic rings. The Kier molecular flexibility index (Phi) is 7.47. The summed E-state index contributed by atoms with van der Waals surface area (Å²) in [5.74, 6) is -0.681. The molecular weight excluding hydrogens is 543 g/mol. The molecule has 2 aromatic carbocycles. The maximum atomic E-state index is 13.0. The number of aromatic hydroxyl groups is 1. The van der Waals surface area contributed by atoms with Crippen molar-refractivity contribution >= 4 is 34.6 Å². The summed E-state index contributed by atoms with van der Waals surface area (Å²) < 4.78 is 39.1. The number of hydrogen-bond acceptors (Lipinski definition) is 8. The third kappa shape index (κ3) is 6.07. The first kappa shape index (κ1) is 27.5. The van der Waals surface area contributed by atoms with Gasteiger partial charge in [-0.05, 0) is 74.1 Å². The van der Waals surface area contributed by atoms with Crippen LogP contribution in [-0.2, 0) is 16.6 Å². The Morgan fingerprint density at radius 3 is 2.58 bits per heavy atom. The summed E-state index contributed by atoms with van der Waals surface area (Å²) in [7, 11) is 0. The normalized spacial score (nSPS) is 19.3. The number of nitrogens with zero attached hydrogens (tertiary/aromatic N) is 3. The molecule has 0 saturated heterocycles. The van der Waals surface area contributed by atoms with Crippen molar-refractivity contribution in [3.63, 3.8) is 0 Å². The molecule has 208 valence electrons. The van der Waals surface area contributed by atoms with Crippen molar-refractivity contribution in [2.75, 3.05) is 10.6 Å². The zero-order chi connectivity index (χ0) is 28.5. The van der Waals surface area contributed by atoms with Gasteiger partial charge in [-0.1, -0.05) is 18.2 Å². The highest BCUT2D eigenvalue weighted by atomic mass is 32.1. The minimum Gasteiger partial charge on any atom is -0.506 e. The second-order valence-corrected chi connectivity index (χ2v) is 10.8. The van der Waals surface area contributed by atoms with Gasteiger partial charge in [0.05, 0.1) is 10.6 Å². The fourth-order valence-corrected chi connectivity index (χ4v) is 5.76. The number of hydrogen-bond donors (Lipinski definition) is 4. The standard InChI is InChI=1S/C28H26F3N5O3S/c1-16-12-18(14-19(13-16)34-26-32-11-8-23(36-26)28(29,30)31)22-15-33-25(40-22)27(39)9-6-17(7-10-27)24(38)35-20-4-2-3-5-21(20)37/h2-5,8,11-15,17,37,39H,6-7,9-10H2,1H3,(H,35,38)(H,32,34,36)/t17-,27+. The molecule has 8 nitrogen and oxygen atoms in total. The van der Waals surface area contributed by atoms with Crippen molar-refractivity contribution in [1.82, 2.24) is 15.0 Å². The summed E-state index contributed by atoms with van der Waals surface area (Å²) >= 11 is 1.33. The minimum absolute atomic E-state index is 0.00432. The number of rotatable bonds is 6. The number of carbonyl (C=O) groups is 1. The van der Waals surface area contributed by atoms with Crippen LogP contribution >= 0.6 is 11.3 Å². The van der Waals surface area contributed by atoms with E-state index in [-0.39, 0.29) is 23.5 Å². The first-order chi connectivity index (χ1) is 19.0. The van der Waals surface area contributed by atoms with E-state index in [4.69, 9.17) is 0 Å². The van der Waals surface area contributed by atoms with Gasteiger partial charge in [-0.25, -0.2) is 15.0 Å². The largest absolute Gasteiger partial charge is 0.506 e. The molecule has 1 fully saturated rings. The van der Waals surface area contributed by atoms with Crippen LogP contribution in [-0.4, -0.2) is 31.1 Å². The molecule has 12 heteroatoms. The van der Waals surface area contributed by atoms with Gasteiger partial charge in [0.2, 0.25) is 11.9 Å². The topological polar surface area (TPSA) is 120 Å². The summed E-state index contributed by atoms with van der Waals surface area (Å²) in [6, 6.07) is 12.8. The van der Waals surface area contributed by atoms with E-state index >= 15 is 0 Å². The Hall–Kier alpha value is -4.03. The summed E-state index contributed by atoms with van der Waals surface area (Å²) in [5, 5.41) is 27.4. The number of thiazole rings is 1. The minimum atomic E-state index is -4.58. The Morgan fingerprint density at radius 1 is 1.10 bits per heavy atom. The van der Waals surface area contributed by atoms with Crippen molar-refractivity contribution < 1.29 is 28.2 Å². The van der Waals surface area contributed by atoms with Crippen LogP contribution in [0, 0.1) is 12.8 Å². The van der Waals surface area contributed by atoms with Crippen LogP contribution in [0.5, 0.6) is 5.75 Å². The van der Waals surface area contributed by atoms with Gasteiger partial charge < -0.3 is 20.8 Å². The van der Waals surface area contributed by atoms with Gasteiger partial charge in [0, 0.05) is 24.0 Å². The number of phenolic OH excluding ortho intramolecular Hbond substituents is 1.